The Bertz CT molecular complexity index is 577. The molecule has 9 heteroatoms. The van der Waals surface area contributed by atoms with E-state index in [-0.39, 0.29) is 6.61 Å². The molecule has 0 unspecified atom stereocenters. The second-order valence-electron chi connectivity index (χ2n) is 3.62. The van der Waals surface area contributed by atoms with Crippen molar-refractivity contribution < 1.29 is 36.2 Å². The molecule has 4 nitrogen and oxygen atoms in total. The lowest BCUT2D eigenvalue weighted by atomic mass is 10.0. The molecule has 0 aromatic heterocycles. The number of benzene rings is 1. The van der Waals surface area contributed by atoms with Gasteiger partial charge in [-0.05, 0) is 19.1 Å². The van der Waals surface area contributed by atoms with Gasteiger partial charge in [0.15, 0.2) is 0 Å². The quantitative estimate of drug-likeness (QED) is 0.630. The number of alkyl halides is 5. The first-order chi connectivity index (χ1) is 9.69. The number of hydrogen-bond donors (Lipinski definition) is 0. The predicted octanol–water partition coefficient (Wildman–Crippen LogP) is 3.57. The lowest BCUT2D eigenvalue weighted by molar-refractivity contribution is -0.274. The molecule has 0 bridgehead atoms. The first kappa shape index (κ1) is 16.7. The third-order valence-electron chi connectivity index (χ3n) is 2.22. The largest absolute Gasteiger partial charge is 0.573 e. The Morgan fingerprint density at radius 2 is 2.00 bits per heavy atom. The molecule has 0 radical (unpaired) electrons. The molecule has 0 aliphatic heterocycles. The molecule has 0 atom stereocenters. The van der Waals surface area contributed by atoms with Crippen LogP contribution in [0.5, 0.6) is 5.75 Å². The third-order valence-corrected chi connectivity index (χ3v) is 2.22. The summed E-state index contributed by atoms with van der Waals surface area (Å²) in [5, 5.41) is 8.73. The summed E-state index contributed by atoms with van der Waals surface area (Å²) in [6.07, 6.45) is -8.46. The molecule has 0 aliphatic carbocycles. The van der Waals surface area contributed by atoms with Gasteiger partial charge in [0.05, 0.1) is 12.2 Å². The Hall–Kier alpha value is -2.37. The minimum atomic E-state index is -5.20. The zero-order valence-electron chi connectivity index (χ0n) is 10.5. The summed E-state index contributed by atoms with van der Waals surface area (Å²) >= 11 is 0. The first-order valence-electron chi connectivity index (χ1n) is 5.48. The molecule has 1 aromatic rings. The predicted molar refractivity (Wildman–Crippen MR) is 58.8 cm³/mol. The molecule has 114 valence electrons. The van der Waals surface area contributed by atoms with Gasteiger partial charge >= 0.3 is 12.3 Å². The maximum absolute atomic E-state index is 12.8. The Labute approximate surface area is 115 Å². The van der Waals surface area contributed by atoms with Gasteiger partial charge in [-0.3, -0.25) is 0 Å². The minimum absolute atomic E-state index is 0.0989. The van der Waals surface area contributed by atoms with Gasteiger partial charge in [0.25, 0.3) is 6.43 Å². The number of carbonyl (C=O) groups excluding carboxylic acids is 1. The fourth-order valence-electron chi connectivity index (χ4n) is 1.47. The highest BCUT2D eigenvalue weighted by Crippen LogP contribution is 2.34. The van der Waals surface area contributed by atoms with E-state index in [2.05, 4.69) is 9.47 Å². The lowest BCUT2D eigenvalue weighted by Gasteiger charge is -2.14. The summed E-state index contributed by atoms with van der Waals surface area (Å²) in [5.74, 6) is -2.28. The molecule has 21 heavy (non-hydrogen) atoms. The molecule has 0 aliphatic rings. The van der Waals surface area contributed by atoms with E-state index in [9.17, 15) is 26.7 Å². The Kier molecular flexibility index (Phi) is 5.07. The van der Waals surface area contributed by atoms with Gasteiger partial charge < -0.3 is 9.47 Å². The van der Waals surface area contributed by atoms with Crippen LogP contribution in [0.25, 0.3) is 0 Å². The lowest BCUT2D eigenvalue weighted by Crippen LogP contribution is -2.19. The summed E-state index contributed by atoms with van der Waals surface area (Å²) in [4.78, 5) is 11.5. The first-order valence-corrected chi connectivity index (χ1v) is 5.48. The molecule has 0 saturated heterocycles. The maximum Gasteiger partial charge on any atom is 0.573 e. The molecule has 1 rings (SSSR count). The monoisotopic (exact) mass is 309 g/mol. The van der Waals surface area contributed by atoms with E-state index < -0.39 is 41.2 Å². The van der Waals surface area contributed by atoms with Crippen molar-refractivity contribution in [2.45, 2.75) is 19.7 Å². The Morgan fingerprint density at radius 1 is 1.38 bits per heavy atom. The molecular weight excluding hydrogens is 301 g/mol. The number of nitriles is 1. The van der Waals surface area contributed by atoms with Gasteiger partial charge in [0.1, 0.15) is 17.4 Å². The zero-order chi connectivity index (χ0) is 16.2. The molecule has 0 N–H and O–H groups in total. The van der Waals surface area contributed by atoms with Crippen molar-refractivity contribution in [2.75, 3.05) is 6.61 Å². The Morgan fingerprint density at radius 3 is 2.43 bits per heavy atom. The topological polar surface area (TPSA) is 59.3 Å². The Balaban J connectivity index is 3.45. The molecule has 0 saturated carbocycles. The van der Waals surface area contributed by atoms with Gasteiger partial charge in [0.2, 0.25) is 0 Å². The van der Waals surface area contributed by atoms with Crippen LogP contribution in [0.4, 0.5) is 22.0 Å². The summed E-state index contributed by atoms with van der Waals surface area (Å²) in [5.41, 5.74) is -2.59. The normalized spacial score (nSPS) is 11.1. The van der Waals surface area contributed by atoms with Gasteiger partial charge in [-0.15, -0.1) is 13.2 Å². The summed E-state index contributed by atoms with van der Waals surface area (Å²) < 4.78 is 70.4. The number of hydrogen-bond acceptors (Lipinski definition) is 4. The highest BCUT2D eigenvalue weighted by Gasteiger charge is 2.34. The molecule has 0 spiro atoms. The molecule has 0 fully saturated rings. The van der Waals surface area contributed by atoms with E-state index in [0.717, 1.165) is 0 Å². The number of ether oxygens (including phenoxy) is 2. The fourth-order valence-corrected chi connectivity index (χ4v) is 1.47. The summed E-state index contributed by atoms with van der Waals surface area (Å²) in [7, 11) is 0. The maximum atomic E-state index is 12.8. The van der Waals surface area contributed by atoms with E-state index in [1.54, 1.807) is 0 Å². The van der Waals surface area contributed by atoms with E-state index in [4.69, 9.17) is 5.26 Å². The summed E-state index contributed by atoms with van der Waals surface area (Å²) in [6.45, 7) is 1.33. The van der Waals surface area contributed by atoms with Crippen LogP contribution in [-0.2, 0) is 4.74 Å². The van der Waals surface area contributed by atoms with E-state index >= 15 is 0 Å². The molecule has 0 heterocycles. The van der Waals surface area contributed by atoms with E-state index in [1.807, 2.05) is 0 Å². The molecular formula is C12H8F5NO3. The number of carbonyl (C=O) groups is 1. The van der Waals surface area contributed by atoms with Crippen LogP contribution in [0.15, 0.2) is 12.1 Å². The molecule has 1 aromatic carbocycles. The van der Waals surface area contributed by atoms with Crippen molar-refractivity contribution >= 4 is 5.97 Å². The van der Waals surface area contributed by atoms with Crippen LogP contribution in [0, 0.1) is 11.3 Å². The van der Waals surface area contributed by atoms with Crippen molar-refractivity contribution in [3.05, 3.63) is 28.8 Å². The zero-order valence-corrected chi connectivity index (χ0v) is 10.5. The number of halogens is 5. The standard InChI is InChI=1S/C12H8F5NO3/c1-2-20-11(19)6-3-7(10(13)14)8(5-18)9(4-6)21-12(15,16)17/h3-4,10H,2H2,1H3. The SMILES string of the molecule is CCOC(=O)c1cc(OC(F)(F)F)c(C#N)c(C(F)F)c1. The second kappa shape index (κ2) is 6.39. The third kappa shape index (κ3) is 4.30. The minimum Gasteiger partial charge on any atom is -0.462 e. The van der Waals surface area contributed by atoms with Gasteiger partial charge in [0, 0.05) is 5.56 Å². The molecule has 0 amide bonds. The number of rotatable bonds is 4. The van der Waals surface area contributed by atoms with E-state index in [1.165, 1.54) is 13.0 Å². The van der Waals surface area contributed by atoms with Crippen molar-refractivity contribution in [1.29, 1.82) is 5.26 Å². The van der Waals surface area contributed by atoms with Gasteiger partial charge in [-0.2, -0.15) is 5.26 Å². The van der Waals surface area contributed by atoms with E-state index in [0.29, 0.717) is 12.1 Å². The van der Waals surface area contributed by atoms with Gasteiger partial charge in [-0.25, -0.2) is 13.6 Å². The average Bonchev–Trinajstić information content (AvgIpc) is 2.36. The highest BCUT2D eigenvalue weighted by atomic mass is 19.4. The number of nitrogens with zero attached hydrogens (tertiary/aromatic N) is 1. The fraction of sp³-hybridized carbons (Fsp3) is 0.333. The highest BCUT2D eigenvalue weighted by molar-refractivity contribution is 5.90. The number of esters is 1. The van der Waals surface area contributed by atoms with Crippen LogP contribution in [0.1, 0.15) is 34.8 Å². The van der Waals surface area contributed by atoms with Crippen LogP contribution in [0.2, 0.25) is 0 Å². The van der Waals surface area contributed by atoms with Gasteiger partial charge in [-0.1, -0.05) is 0 Å². The van der Waals surface area contributed by atoms with Crippen molar-refractivity contribution in [3.8, 4) is 11.8 Å². The van der Waals surface area contributed by atoms with Crippen molar-refractivity contribution in [2.24, 2.45) is 0 Å². The van der Waals surface area contributed by atoms with Crippen molar-refractivity contribution in [3.63, 3.8) is 0 Å². The van der Waals surface area contributed by atoms with Crippen molar-refractivity contribution in [1.82, 2.24) is 0 Å². The smallest absolute Gasteiger partial charge is 0.462 e. The van der Waals surface area contributed by atoms with Crippen LogP contribution < -0.4 is 4.74 Å². The second-order valence-corrected chi connectivity index (χ2v) is 3.62. The van der Waals surface area contributed by atoms with Crippen LogP contribution >= 0.6 is 0 Å². The van der Waals surface area contributed by atoms with Crippen LogP contribution in [-0.4, -0.2) is 18.9 Å². The van der Waals surface area contributed by atoms with Crippen LogP contribution in [0.3, 0.4) is 0 Å². The summed E-state index contributed by atoms with van der Waals surface area (Å²) in [6, 6.07) is 2.35. The average molecular weight is 309 g/mol.